The van der Waals surface area contributed by atoms with Crippen molar-refractivity contribution in [2.45, 2.75) is 84.8 Å². The van der Waals surface area contributed by atoms with E-state index in [0.717, 1.165) is 26.2 Å². The third-order valence-corrected chi connectivity index (χ3v) is 10.9. The summed E-state index contributed by atoms with van der Waals surface area (Å²) in [4.78, 5) is 40.8. The van der Waals surface area contributed by atoms with Crippen LogP contribution in [0.25, 0.3) is 5.76 Å². The lowest BCUT2D eigenvalue weighted by molar-refractivity contribution is -0.215. The van der Waals surface area contributed by atoms with E-state index in [1.54, 1.807) is 39.8 Å². The van der Waals surface area contributed by atoms with E-state index < -0.39 is 74.7 Å². The van der Waals surface area contributed by atoms with Gasteiger partial charge in [-0.15, -0.1) is 0 Å². The molecule has 44 heavy (non-hydrogen) atoms. The van der Waals surface area contributed by atoms with Crippen LogP contribution >= 0.6 is 0 Å². The van der Waals surface area contributed by atoms with Gasteiger partial charge in [0.2, 0.25) is 5.78 Å². The first kappa shape index (κ1) is 31.7. The molecule has 0 heterocycles. The van der Waals surface area contributed by atoms with Crippen LogP contribution in [0.5, 0.6) is 5.75 Å². The molecule has 2 aromatic carbocycles. The lowest BCUT2D eigenvalue weighted by Gasteiger charge is -2.63. The Bertz CT molecular complexity index is 1620. The monoisotopic (exact) mass is 602 g/mol. The average molecular weight is 603 g/mol. The number of ketones is 3. The summed E-state index contributed by atoms with van der Waals surface area (Å²) in [5, 5.41) is 59.1. The number of aromatic hydroxyl groups is 1. The molecule has 0 amide bonds. The predicted molar refractivity (Wildman–Crippen MR) is 165 cm³/mol. The number of hydrogen-bond acceptors (Lipinski definition) is 8. The maximum Gasteiger partial charge on any atom is 0.203 e. The highest BCUT2D eigenvalue weighted by Crippen LogP contribution is 2.67. The molecule has 3 aliphatic rings. The molecule has 8 nitrogen and oxygen atoms in total. The van der Waals surface area contributed by atoms with Crippen molar-refractivity contribution in [3.05, 3.63) is 81.6 Å². The molecule has 0 bridgehead atoms. The topological polar surface area (TPSA) is 152 Å². The van der Waals surface area contributed by atoms with Crippen molar-refractivity contribution in [3.8, 4) is 5.75 Å². The Hall–Kier alpha value is -3.75. The molecule has 0 spiro atoms. The van der Waals surface area contributed by atoms with Gasteiger partial charge in [0.15, 0.2) is 17.2 Å². The molecule has 0 aromatic heterocycles. The molecule has 0 aliphatic heterocycles. The summed E-state index contributed by atoms with van der Waals surface area (Å²) in [6, 6.07) is 13.6. The molecule has 234 valence electrons. The zero-order valence-corrected chi connectivity index (χ0v) is 26.1. The van der Waals surface area contributed by atoms with Gasteiger partial charge in [0.05, 0.1) is 17.2 Å². The van der Waals surface area contributed by atoms with Gasteiger partial charge in [-0.05, 0) is 61.1 Å². The smallest absolute Gasteiger partial charge is 0.203 e. The highest BCUT2D eigenvalue weighted by Gasteiger charge is 2.77. The Labute approximate surface area is 257 Å². The van der Waals surface area contributed by atoms with E-state index in [2.05, 4.69) is 12.1 Å². The van der Waals surface area contributed by atoms with Gasteiger partial charge >= 0.3 is 0 Å². The van der Waals surface area contributed by atoms with E-state index >= 15 is 0 Å². The van der Waals surface area contributed by atoms with Gasteiger partial charge in [0.1, 0.15) is 22.8 Å². The number of unbranched alkanes of at least 4 members (excludes halogenated alkanes) is 1. The van der Waals surface area contributed by atoms with Gasteiger partial charge in [-0.1, -0.05) is 77.1 Å². The molecular formula is C36H42O8. The molecule has 8 heteroatoms. The van der Waals surface area contributed by atoms with Crippen LogP contribution < -0.4 is 0 Å². The number of carbonyl (C=O) groups excluding carboxylic acids is 3. The summed E-state index contributed by atoms with van der Waals surface area (Å²) < 4.78 is 0. The molecule has 1 fully saturated rings. The fraction of sp³-hybridized carbons (Fsp3) is 0.472. The van der Waals surface area contributed by atoms with Gasteiger partial charge < -0.3 is 25.5 Å². The molecule has 0 saturated heterocycles. The van der Waals surface area contributed by atoms with Crippen LogP contribution in [0.4, 0.5) is 0 Å². The van der Waals surface area contributed by atoms with Crippen molar-refractivity contribution < 1.29 is 39.9 Å². The molecule has 3 aliphatic carbocycles. The number of allylic oxidation sites excluding steroid dienone is 1. The number of aliphatic hydroxyl groups is 4. The normalized spacial score (nSPS) is 31.6. The Morgan fingerprint density at radius 1 is 0.955 bits per heavy atom. The summed E-state index contributed by atoms with van der Waals surface area (Å²) in [6.07, 6.45) is 1.39. The summed E-state index contributed by atoms with van der Waals surface area (Å²) in [7, 11) is 0. The largest absolute Gasteiger partial charge is 0.508 e. The summed E-state index contributed by atoms with van der Waals surface area (Å²) in [6.45, 7) is 9.20. The standard InChI is InChI=1S/C36H42O8/c1-18(2)26-29(39)24(20(4)37)31(41)36(44)32(42)27-30(40)25-23(19(3)34(27,5)33(43)35(26,36)6)17-16-22(28(25)38)15-11-10-14-21-12-8-7-9-13-21/h7-9,12-13,16-19,26,33,38,40-41,43-44H,10-11,14-15H2,1-6H3/t19-,26?,33-,34+,35+,36+/m1/s1. The summed E-state index contributed by atoms with van der Waals surface area (Å²) in [5.41, 5.74) is -5.06. The SMILES string of the molecule is CC(=O)C1=C(O)[C@]2(O)C(=O)C3=C(O)c4c(ccc(CCCCc5ccccc5)c4O)[C@@H](C)[C@]3(C)[C@@H](O)[C@]2(C)C(C(C)C)C1=O. The summed E-state index contributed by atoms with van der Waals surface area (Å²) in [5.74, 6) is -6.98. The Balaban J connectivity index is 1.64. The fourth-order valence-corrected chi connectivity index (χ4v) is 8.46. The summed E-state index contributed by atoms with van der Waals surface area (Å²) >= 11 is 0. The molecule has 1 unspecified atom stereocenters. The minimum atomic E-state index is -2.89. The van der Waals surface area contributed by atoms with Crippen molar-refractivity contribution in [1.29, 1.82) is 0 Å². The van der Waals surface area contributed by atoms with Crippen LogP contribution in [0.2, 0.25) is 0 Å². The Morgan fingerprint density at radius 2 is 1.57 bits per heavy atom. The first-order chi connectivity index (χ1) is 20.6. The lowest BCUT2D eigenvalue weighted by atomic mass is 9.40. The second-order valence-electron chi connectivity index (χ2n) is 13.5. The molecule has 6 atom stereocenters. The van der Waals surface area contributed by atoms with Crippen LogP contribution in [0, 0.1) is 22.7 Å². The highest BCUT2D eigenvalue weighted by atomic mass is 16.4. The molecule has 5 rings (SSSR count). The quantitative estimate of drug-likeness (QED) is 0.212. The van der Waals surface area contributed by atoms with Crippen LogP contribution in [0.3, 0.4) is 0 Å². The van der Waals surface area contributed by atoms with E-state index in [1.165, 1.54) is 12.5 Å². The Kier molecular flexibility index (Phi) is 7.70. The van der Waals surface area contributed by atoms with Crippen molar-refractivity contribution in [3.63, 3.8) is 0 Å². The molecule has 5 N–H and O–H groups in total. The molecule has 1 saturated carbocycles. The maximum absolute atomic E-state index is 14.6. The minimum absolute atomic E-state index is 0.0424. The number of aliphatic hydroxyl groups excluding tert-OH is 3. The van der Waals surface area contributed by atoms with Crippen LogP contribution in [0.1, 0.15) is 82.6 Å². The van der Waals surface area contributed by atoms with Crippen LogP contribution in [0.15, 0.2) is 59.4 Å². The van der Waals surface area contributed by atoms with Crippen molar-refractivity contribution in [2.75, 3.05) is 0 Å². The molecular weight excluding hydrogens is 560 g/mol. The van der Waals surface area contributed by atoms with Crippen molar-refractivity contribution in [1.82, 2.24) is 0 Å². The second-order valence-corrected chi connectivity index (χ2v) is 13.5. The fourth-order valence-electron chi connectivity index (χ4n) is 8.46. The van der Waals surface area contributed by atoms with Crippen molar-refractivity contribution >= 4 is 23.1 Å². The predicted octanol–water partition coefficient (Wildman–Crippen LogP) is 5.29. The number of rotatable bonds is 7. The van der Waals surface area contributed by atoms with E-state index in [-0.39, 0.29) is 16.9 Å². The third kappa shape index (κ3) is 4.00. The molecule has 0 radical (unpaired) electrons. The first-order valence-electron chi connectivity index (χ1n) is 15.3. The van der Waals surface area contributed by atoms with Gasteiger partial charge in [-0.3, -0.25) is 14.4 Å². The van der Waals surface area contributed by atoms with E-state index in [1.807, 2.05) is 18.2 Å². The third-order valence-electron chi connectivity index (χ3n) is 10.9. The zero-order valence-electron chi connectivity index (χ0n) is 26.1. The number of Topliss-reactive ketones (excluding diaryl/α,β-unsaturated/α-hetero) is 3. The van der Waals surface area contributed by atoms with Crippen molar-refractivity contribution in [2.24, 2.45) is 22.7 Å². The number of fused-ring (bicyclic) bond motifs is 3. The maximum atomic E-state index is 14.6. The minimum Gasteiger partial charge on any atom is -0.508 e. The second kappa shape index (κ2) is 10.7. The number of carbonyl (C=O) groups is 3. The Morgan fingerprint density at radius 3 is 2.16 bits per heavy atom. The average Bonchev–Trinajstić information content (AvgIpc) is 2.96. The first-order valence-corrected chi connectivity index (χ1v) is 15.3. The van der Waals surface area contributed by atoms with Gasteiger partial charge in [-0.2, -0.15) is 0 Å². The van der Waals surface area contributed by atoms with Crippen LogP contribution in [-0.2, 0) is 27.2 Å². The highest BCUT2D eigenvalue weighted by molar-refractivity contribution is 6.24. The van der Waals surface area contributed by atoms with Gasteiger partial charge in [0, 0.05) is 16.7 Å². The van der Waals surface area contributed by atoms with Gasteiger partial charge in [0.25, 0.3) is 0 Å². The van der Waals surface area contributed by atoms with Gasteiger partial charge in [-0.25, -0.2) is 0 Å². The van der Waals surface area contributed by atoms with E-state index in [9.17, 15) is 39.9 Å². The zero-order chi connectivity index (χ0) is 32.5. The lowest BCUT2D eigenvalue weighted by Crippen LogP contribution is -2.75. The number of benzene rings is 2. The van der Waals surface area contributed by atoms with Crippen LogP contribution in [-0.4, -0.2) is 54.6 Å². The number of phenolic OH excluding ortho intramolecular Hbond substituents is 1. The number of phenols is 1. The number of aryl methyl sites for hydroxylation is 2. The molecule has 2 aromatic rings. The van der Waals surface area contributed by atoms with E-state index in [4.69, 9.17) is 0 Å². The number of hydrogen-bond donors (Lipinski definition) is 5. The van der Waals surface area contributed by atoms with E-state index in [0.29, 0.717) is 17.5 Å².